The van der Waals surface area contributed by atoms with E-state index in [2.05, 4.69) is 15.4 Å². The van der Waals surface area contributed by atoms with Crippen LogP contribution in [0.25, 0.3) is 0 Å². The van der Waals surface area contributed by atoms with Gasteiger partial charge in [0.15, 0.2) is 5.82 Å². The van der Waals surface area contributed by atoms with Crippen molar-refractivity contribution >= 4 is 9.84 Å². The lowest BCUT2D eigenvalue weighted by molar-refractivity contribution is 0.365. The van der Waals surface area contributed by atoms with Crippen molar-refractivity contribution < 1.29 is 8.42 Å². The molecule has 1 aliphatic rings. The molecular formula is C11H20N4O2S. The zero-order valence-corrected chi connectivity index (χ0v) is 11.7. The first-order chi connectivity index (χ1) is 8.48. The predicted octanol–water partition coefficient (Wildman–Crippen LogP) is -0.210. The van der Waals surface area contributed by atoms with E-state index in [0.29, 0.717) is 12.6 Å². The number of hydrogen-bond acceptors (Lipinski definition) is 5. The molecule has 0 spiro atoms. The topological polar surface area (TPSA) is 76.9 Å². The molecule has 0 fully saturated rings. The molecule has 0 unspecified atom stereocenters. The normalized spacial score (nSPS) is 19.8. The number of nitrogens with zero attached hydrogens (tertiary/aromatic N) is 3. The Bertz CT molecular complexity index is 509. The fourth-order valence-corrected chi connectivity index (χ4v) is 2.61. The molecular weight excluding hydrogens is 252 g/mol. The lowest BCUT2D eigenvalue weighted by Gasteiger charge is -2.23. The Balaban J connectivity index is 1.87. The van der Waals surface area contributed by atoms with Gasteiger partial charge in [-0.25, -0.2) is 18.1 Å². The molecule has 1 N–H and O–H groups in total. The van der Waals surface area contributed by atoms with Gasteiger partial charge in [0.1, 0.15) is 15.7 Å². The van der Waals surface area contributed by atoms with E-state index >= 15 is 0 Å². The first-order valence-corrected chi connectivity index (χ1v) is 8.37. The fraction of sp³-hybridized carbons (Fsp3) is 0.818. The summed E-state index contributed by atoms with van der Waals surface area (Å²) in [7, 11) is -2.88. The molecule has 2 heterocycles. The molecule has 1 aromatic rings. The van der Waals surface area contributed by atoms with Crippen LogP contribution in [-0.2, 0) is 29.2 Å². The van der Waals surface area contributed by atoms with Crippen LogP contribution in [0.5, 0.6) is 0 Å². The monoisotopic (exact) mass is 272 g/mol. The molecule has 0 saturated heterocycles. The maximum absolute atomic E-state index is 11.0. The van der Waals surface area contributed by atoms with Gasteiger partial charge >= 0.3 is 0 Å². The fourth-order valence-electron chi connectivity index (χ4n) is 2.13. The van der Waals surface area contributed by atoms with E-state index in [9.17, 15) is 8.42 Å². The van der Waals surface area contributed by atoms with Crippen molar-refractivity contribution in [2.75, 3.05) is 18.6 Å². The van der Waals surface area contributed by atoms with E-state index in [1.54, 1.807) is 0 Å². The average molecular weight is 272 g/mol. The highest BCUT2D eigenvalue weighted by molar-refractivity contribution is 7.90. The summed E-state index contributed by atoms with van der Waals surface area (Å²) in [6.07, 6.45) is 4.01. The van der Waals surface area contributed by atoms with Gasteiger partial charge in [0.2, 0.25) is 0 Å². The molecule has 18 heavy (non-hydrogen) atoms. The molecule has 1 aliphatic heterocycles. The van der Waals surface area contributed by atoms with Gasteiger partial charge in [-0.3, -0.25) is 0 Å². The lowest BCUT2D eigenvalue weighted by atomic mass is 10.1. The third-order valence-electron chi connectivity index (χ3n) is 3.12. The summed E-state index contributed by atoms with van der Waals surface area (Å²) in [6, 6.07) is 0.297. The van der Waals surface area contributed by atoms with E-state index in [1.165, 1.54) is 6.26 Å². The van der Waals surface area contributed by atoms with Crippen LogP contribution < -0.4 is 5.32 Å². The van der Waals surface area contributed by atoms with E-state index in [0.717, 1.165) is 37.5 Å². The predicted molar refractivity (Wildman–Crippen MR) is 69.2 cm³/mol. The summed E-state index contributed by atoms with van der Waals surface area (Å²) in [4.78, 5) is 4.45. The number of fused-ring (bicyclic) bond motifs is 1. The Morgan fingerprint density at radius 3 is 2.94 bits per heavy atom. The minimum atomic E-state index is -2.88. The standard InChI is InChI=1S/C11H20N4O2S/c1-3-10-13-11-5-4-9(8-15(11)14-10)12-6-7-18(2,16)17/h9,12H,3-8H2,1-2H3/t9-/m1/s1. The lowest BCUT2D eigenvalue weighted by Crippen LogP contribution is -2.39. The molecule has 0 saturated carbocycles. The highest BCUT2D eigenvalue weighted by Crippen LogP contribution is 2.13. The number of aromatic nitrogens is 3. The van der Waals surface area contributed by atoms with Crippen LogP contribution in [0, 0.1) is 0 Å². The number of aryl methyl sites for hydroxylation is 2. The molecule has 6 nitrogen and oxygen atoms in total. The smallest absolute Gasteiger partial charge is 0.150 e. The van der Waals surface area contributed by atoms with Gasteiger partial charge in [0.25, 0.3) is 0 Å². The van der Waals surface area contributed by atoms with Crippen LogP contribution in [0.2, 0.25) is 0 Å². The average Bonchev–Trinajstić information content (AvgIpc) is 2.69. The summed E-state index contributed by atoms with van der Waals surface area (Å²) in [5.41, 5.74) is 0. The maximum Gasteiger partial charge on any atom is 0.150 e. The van der Waals surface area contributed by atoms with Crippen LogP contribution in [0.3, 0.4) is 0 Å². The van der Waals surface area contributed by atoms with E-state index in [1.807, 2.05) is 11.6 Å². The molecule has 1 atom stereocenters. The zero-order chi connectivity index (χ0) is 13.2. The van der Waals surface area contributed by atoms with Crippen molar-refractivity contribution in [1.29, 1.82) is 0 Å². The van der Waals surface area contributed by atoms with Crippen molar-refractivity contribution in [3.8, 4) is 0 Å². The van der Waals surface area contributed by atoms with Crippen molar-refractivity contribution in [3.63, 3.8) is 0 Å². The van der Waals surface area contributed by atoms with Crippen molar-refractivity contribution in [2.45, 2.75) is 38.8 Å². The second-order valence-corrected chi connectivity index (χ2v) is 7.06. The van der Waals surface area contributed by atoms with Gasteiger partial charge in [0, 0.05) is 31.7 Å². The molecule has 0 amide bonds. The Morgan fingerprint density at radius 2 is 2.28 bits per heavy atom. The van der Waals surface area contributed by atoms with E-state index < -0.39 is 9.84 Å². The first kappa shape index (κ1) is 13.5. The number of rotatable bonds is 5. The Morgan fingerprint density at radius 1 is 1.50 bits per heavy atom. The first-order valence-electron chi connectivity index (χ1n) is 6.31. The van der Waals surface area contributed by atoms with Crippen LogP contribution >= 0.6 is 0 Å². The second kappa shape index (κ2) is 5.36. The van der Waals surface area contributed by atoms with Gasteiger partial charge in [-0.1, -0.05) is 6.92 Å². The van der Waals surface area contributed by atoms with Gasteiger partial charge in [-0.05, 0) is 6.42 Å². The molecule has 1 aromatic heterocycles. The van der Waals surface area contributed by atoms with Crippen molar-refractivity contribution in [1.82, 2.24) is 20.1 Å². The molecule has 0 radical (unpaired) electrons. The summed E-state index contributed by atoms with van der Waals surface area (Å²) in [5, 5.41) is 7.70. The molecule has 0 aromatic carbocycles. The molecule has 2 rings (SSSR count). The second-order valence-electron chi connectivity index (χ2n) is 4.80. The number of hydrogen-bond donors (Lipinski definition) is 1. The molecule has 7 heteroatoms. The SMILES string of the molecule is CCc1nc2n(n1)C[C@H](NCCS(C)(=O)=O)CC2. The van der Waals surface area contributed by atoms with Gasteiger partial charge in [0.05, 0.1) is 12.3 Å². The Kier molecular flexibility index (Phi) is 4.01. The summed E-state index contributed by atoms with van der Waals surface area (Å²) in [5.74, 6) is 2.13. The highest BCUT2D eigenvalue weighted by atomic mass is 32.2. The summed E-state index contributed by atoms with van der Waals surface area (Å²) >= 11 is 0. The van der Waals surface area contributed by atoms with Gasteiger partial charge in [-0.2, -0.15) is 5.10 Å². The number of sulfone groups is 1. The summed E-state index contributed by atoms with van der Waals surface area (Å²) in [6.45, 7) is 3.34. The largest absolute Gasteiger partial charge is 0.311 e. The van der Waals surface area contributed by atoms with E-state index in [4.69, 9.17) is 0 Å². The zero-order valence-electron chi connectivity index (χ0n) is 10.9. The third-order valence-corrected chi connectivity index (χ3v) is 4.07. The van der Waals surface area contributed by atoms with Crippen LogP contribution in [0.15, 0.2) is 0 Å². The summed E-state index contributed by atoms with van der Waals surface area (Å²) < 4.78 is 24.0. The molecule has 0 bridgehead atoms. The molecule has 102 valence electrons. The van der Waals surface area contributed by atoms with Crippen LogP contribution in [-0.4, -0.2) is 47.8 Å². The minimum absolute atomic E-state index is 0.188. The van der Waals surface area contributed by atoms with Crippen LogP contribution in [0.4, 0.5) is 0 Å². The molecule has 0 aliphatic carbocycles. The third kappa shape index (κ3) is 3.52. The Hall–Kier alpha value is -0.950. The quantitative estimate of drug-likeness (QED) is 0.802. The highest BCUT2D eigenvalue weighted by Gasteiger charge is 2.20. The van der Waals surface area contributed by atoms with Crippen molar-refractivity contribution in [3.05, 3.63) is 11.6 Å². The Labute approximate surface area is 108 Å². The maximum atomic E-state index is 11.0. The minimum Gasteiger partial charge on any atom is -0.311 e. The number of nitrogens with one attached hydrogen (secondary N) is 1. The van der Waals surface area contributed by atoms with Gasteiger partial charge in [-0.15, -0.1) is 0 Å². The van der Waals surface area contributed by atoms with Crippen LogP contribution in [0.1, 0.15) is 25.0 Å². The van der Waals surface area contributed by atoms with Gasteiger partial charge < -0.3 is 5.32 Å². The van der Waals surface area contributed by atoms with Crippen molar-refractivity contribution in [2.24, 2.45) is 0 Å². The van der Waals surface area contributed by atoms with E-state index in [-0.39, 0.29) is 5.75 Å².